The maximum absolute atomic E-state index is 14.0. The van der Waals surface area contributed by atoms with Gasteiger partial charge in [-0.3, -0.25) is 0 Å². The summed E-state index contributed by atoms with van der Waals surface area (Å²) >= 11 is 3.24. The summed E-state index contributed by atoms with van der Waals surface area (Å²) in [7, 11) is 0. The van der Waals surface area contributed by atoms with Crippen molar-refractivity contribution in [2.45, 2.75) is 6.54 Å². The highest BCUT2D eigenvalue weighted by Crippen LogP contribution is 2.29. The van der Waals surface area contributed by atoms with Crippen LogP contribution in [-0.2, 0) is 6.54 Å². The molecule has 3 rings (SSSR count). The number of aromatic nitrogens is 2. The van der Waals surface area contributed by atoms with Crippen molar-refractivity contribution < 1.29 is 4.39 Å². The van der Waals surface area contributed by atoms with Crippen LogP contribution in [0.1, 0.15) is 5.56 Å². The first-order chi connectivity index (χ1) is 10.1. The van der Waals surface area contributed by atoms with Crippen molar-refractivity contribution in [3.05, 3.63) is 70.7 Å². The van der Waals surface area contributed by atoms with E-state index in [0.29, 0.717) is 28.1 Å². The number of nitrogens with zero attached hydrogens (tertiary/aromatic N) is 2. The summed E-state index contributed by atoms with van der Waals surface area (Å²) in [6.45, 7) is 0.609. The Kier molecular flexibility index (Phi) is 3.75. The van der Waals surface area contributed by atoms with Crippen molar-refractivity contribution >= 4 is 21.7 Å². The minimum atomic E-state index is -0.346. The summed E-state index contributed by atoms with van der Waals surface area (Å²) in [4.78, 5) is 4.26. The molecule has 5 heteroatoms. The van der Waals surface area contributed by atoms with Crippen LogP contribution in [0.5, 0.6) is 0 Å². The van der Waals surface area contributed by atoms with Gasteiger partial charge in [0.25, 0.3) is 0 Å². The first kappa shape index (κ1) is 13.8. The predicted molar refractivity (Wildman–Crippen MR) is 85.3 cm³/mol. The van der Waals surface area contributed by atoms with Gasteiger partial charge < -0.3 is 10.3 Å². The molecule has 1 aromatic heterocycles. The molecule has 2 N–H and O–H groups in total. The second-order valence-electron chi connectivity index (χ2n) is 4.72. The molecule has 0 saturated carbocycles. The largest absolute Gasteiger partial charge is 0.383 e. The molecule has 0 aliphatic carbocycles. The third-order valence-corrected chi connectivity index (χ3v) is 3.75. The van der Waals surface area contributed by atoms with Gasteiger partial charge in [0.05, 0.1) is 12.9 Å². The Balaban J connectivity index is 1.96. The number of halogens is 2. The average molecular weight is 346 g/mol. The van der Waals surface area contributed by atoms with Crippen LogP contribution in [0, 0.1) is 5.82 Å². The van der Waals surface area contributed by atoms with Gasteiger partial charge in [-0.1, -0.05) is 46.3 Å². The van der Waals surface area contributed by atoms with Crippen molar-refractivity contribution in [2.24, 2.45) is 0 Å². The molecule has 2 aromatic carbocycles. The van der Waals surface area contributed by atoms with Crippen LogP contribution in [0.4, 0.5) is 10.2 Å². The lowest BCUT2D eigenvalue weighted by Crippen LogP contribution is -2.03. The summed E-state index contributed by atoms with van der Waals surface area (Å²) < 4.78 is 16.5. The lowest BCUT2D eigenvalue weighted by Gasteiger charge is -2.06. The van der Waals surface area contributed by atoms with E-state index in [2.05, 4.69) is 20.9 Å². The molecule has 0 spiro atoms. The number of hydrogen-bond donors (Lipinski definition) is 1. The Morgan fingerprint density at radius 1 is 1.14 bits per heavy atom. The van der Waals surface area contributed by atoms with Crippen LogP contribution in [0.2, 0.25) is 0 Å². The van der Waals surface area contributed by atoms with Gasteiger partial charge in [-0.2, -0.15) is 0 Å². The quantitative estimate of drug-likeness (QED) is 0.777. The lowest BCUT2D eigenvalue weighted by molar-refractivity contribution is 0.630. The van der Waals surface area contributed by atoms with Crippen molar-refractivity contribution in [1.82, 2.24) is 9.55 Å². The smallest absolute Gasteiger partial charge is 0.133 e. The first-order valence-electron chi connectivity index (χ1n) is 6.45. The Hall–Kier alpha value is -2.14. The van der Waals surface area contributed by atoms with Crippen molar-refractivity contribution in [3.8, 4) is 11.3 Å². The molecule has 0 atom stereocenters. The summed E-state index contributed by atoms with van der Waals surface area (Å²) in [5.41, 5.74) is 8.10. The fourth-order valence-corrected chi connectivity index (χ4v) is 2.52. The van der Waals surface area contributed by atoms with Gasteiger partial charge in [-0.15, -0.1) is 0 Å². The molecule has 0 fully saturated rings. The Labute approximate surface area is 130 Å². The first-order valence-corrected chi connectivity index (χ1v) is 7.24. The fraction of sp³-hybridized carbons (Fsp3) is 0.0625. The molecule has 3 aromatic rings. The Morgan fingerprint density at radius 2 is 1.90 bits per heavy atom. The Bertz CT molecular complexity index is 768. The molecular formula is C16H13BrFN3. The minimum absolute atomic E-state index is 0.346. The second kappa shape index (κ2) is 5.69. The van der Waals surface area contributed by atoms with E-state index < -0.39 is 0 Å². The van der Waals surface area contributed by atoms with Crippen molar-refractivity contribution in [2.75, 3.05) is 5.73 Å². The van der Waals surface area contributed by atoms with Gasteiger partial charge in [0, 0.05) is 10.0 Å². The van der Waals surface area contributed by atoms with Gasteiger partial charge in [-0.05, 0) is 23.8 Å². The Morgan fingerprint density at radius 3 is 2.62 bits per heavy atom. The summed E-state index contributed by atoms with van der Waals surface area (Å²) in [6, 6.07) is 14.8. The molecule has 0 aliphatic heterocycles. The topological polar surface area (TPSA) is 43.8 Å². The monoisotopic (exact) mass is 345 g/mol. The number of hydrogen-bond acceptors (Lipinski definition) is 2. The number of rotatable bonds is 3. The highest BCUT2D eigenvalue weighted by molar-refractivity contribution is 9.10. The van der Waals surface area contributed by atoms with Gasteiger partial charge in [0.1, 0.15) is 17.3 Å². The van der Waals surface area contributed by atoms with E-state index in [0.717, 1.165) is 5.56 Å². The molecule has 0 amide bonds. The molecule has 0 bridgehead atoms. The van der Waals surface area contributed by atoms with Gasteiger partial charge >= 0.3 is 0 Å². The molecule has 0 radical (unpaired) electrons. The normalized spacial score (nSPS) is 10.8. The molecule has 21 heavy (non-hydrogen) atoms. The molecular weight excluding hydrogens is 333 g/mol. The molecule has 0 saturated heterocycles. The third-order valence-electron chi connectivity index (χ3n) is 3.26. The molecule has 106 valence electrons. The second-order valence-corrected chi connectivity index (χ2v) is 5.63. The van der Waals surface area contributed by atoms with Crippen molar-refractivity contribution in [3.63, 3.8) is 0 Å². The standard InChI is InChI=1S/C16H13BrFN3/c17-12-6-7-13(14(18)8-12)15-16(19)21(10-20-15)9-11-4-2-1-3-5-11/h1-8,10H,9,19H2. The van der Waals surface area contributed by atoms with Crippen LogP contribution in [0.15, 0.2) is 59.3 Å². The minimum Gasteiger partial charge on any atom is -0.383 e. The van der Waals surface area contributed by atoms with Crippen molar-refractivity contribution in [1.29, 1.82) is 0 Å². The van der Waals surface area contributed by atoms with E-state index in [1.165, 1.54) is 6.07 Å². The maximum Gasteiger partial charge on any atom is 0.133 e. The van der Waals surface area contributed by atoms with E-state index in [1.54, 1.807) is 18.5 Å². The highest BCUT2D eigenvalue weighted by Gasteiger charge is 2.14. The van der Waals surface area contributed by atoms with E-state index in [-0.39, 0.29) is 5.82 Å². The van der Waals surface area contributed by atoms with E-state index in [1.807, 2.05) is 34.9 Å². The van der Waals surface area contributed by atoms with Crippen LogP contribution < -0.4 is 5.73 Å². The lowest BCUT2D eigenvalue weighted by atomic mass is 10.1. The van der Waals surface area contributed by atoms with E-state index in [9.17, 15) is 4.39 Å². The number of nitrogen functional groups attached to an aromatic ring is 1. The number of nitrogens with two attached hydrogens (primary N) is 1. The number of benzene rings is 2. The molecule has 3 nitrogen and oxygen atoms in total. The van der Waals surface area contributed by atoms with E-state index in [4.69, 9.17) is 5.73 Å². The highest BCUT2D eigenvalue weighted by atomic mass is 79.9. The van der Waals surface area contributed by atoms with Crippen LogP contribution in [-0.4, -0.2) is 9.55 Å². The molecule has 1 heterocycles. The average Bonchev–Trinajstić information content (AvgIpc) is 2.82. The SMILES string of the molecule is Nc1c(-c2ccc(Br)cc2F)ncn1Cc1ccccc1. The molecule has 0 unspecified atom stereocenters. The number of imidazole rings is 1. The molecule has 0 aliphatic rings. The fourth-order valence-electron chi connectivity index (χ4n) is 2.19. The van der Waals surface area contributed by atoms with E-state index >= 15 is 0 Å². The number of anilines is 1. The van der Waals surface area contributed by atoms with Crippen LogP contribution in [0.3, 0.4) is 0 Å². The van der Waals surface area contributed by atoms with Gasteiger partial charge in [0.15, 0.2) is 0 Å². The zero-order valence-electron chi connectivity index (χ0n) is 11.1. The van der Waals surface area contributed by atoms with Gasteiger partial charge in [0.2, 0.25) is 0 Å². The summed E-state index contributed by atoms with van der Waals surface area (Å²) in [5, 5.41) is 0. The zero-order valence-corrected chi connectivity index (χ0v) is 12.7. The summed E-state index contributed by atoms with van der Waals surface area (Å²) in [6.07, 6.45) is 1.64. The predicted octanol–water partition coefficient (Wildman–Crippen LogP) is 4.08. The zero-order chi connectivity index (χ0) is 14.8. The maximum atomic E-state index is 14.0. The third kappa shape index (κ3) is 2.83. The van der Waals surface area contributed by atoms with Crippen LogP contribution in [0.25, 0.3) is 11.3 Å². The van der Waals surface area contributed by atoms with Gasteiger partial charge in [-0.25, -0.2) is 9.37 Å². The van der Waals surface area contributed by atoms with Crippen LogP contribution >= 0.6 is 15.9 Å². The summed E-state index contributed by atoms with van der Waals surface area (Å²) in [5.74, 6) is 0.112.